The number of aliphatic hydroxyl groups excluding tert-OH is 1. The van der Waals surface area contributed by atoms with Crippen LogP contribution in [-0.4, -0.2) is 15.8 Å². The van der Waals surface area contributed by atoms with E-state index in [1.54, 1.807) is 6.92 Å². The third-order valence-corrected chi connectivity index (χ3v) is 1.99. The van der Waals surface area contributed by atoms with Crippen LogP contribution >= 0.6 is 0 Å². The first kappa shape index (κ1) is 11.8. The fourth-order valence-electron chi connectivity index (χ4n) is 1.19. The normalized spacial score (nSPS) is 13.9. The molecule has 0 spiro atoms. The first-order valence-electron chi connectivity index (χ1n) is 4.32. The Morgan fingerprint density at radius 2 is 2.13 bits per heavy atom. The van der Waals surface area contributed by atoms with E-state index in [-0.39, 0.29) is 6.54 Å². The van der Waals surface area contributed by atoms with Gasteiger partial charge in [-0.25, -0.2) is 0 Å². The number of aliphatic hydroxyl groups is 1. The van der Waals surface area contributed by atoms with Gasteiger partial charge in [0.25, 0.3) is 5.56 Å². The lowest BCUT2D eigenvalue weighted by Crippen LogP contribution is -2.30. The smallest absolute Gasteiger partial charge is 0.379 e. The topological polar surface area (TPSA) is 42.2 Å². The minimum atomic E-state index is -4.81. The Hall–Kier alpha value is -1.30. The van der Waals surface area contributed by atoms with E-state index >= 15 is 0 Å². The van der Waals surface area contributed by atoms with Gasteiger partial charge in [-0.3, -0.25) is 4.79 Å². The molecule has 1 unspecified atom stereocenters. The summed E-state index contributed by atoms with van der Waals surface area (Å²) in [6, 6.07) is 2.28. The maximum Gasteiger partial charge on any atom is 0.418 e. The van der Waals surface area contributed by atoms with Crippen LogP contribution in [0.5, 0.6) is 0 Å². The molecule has 3 nitrogen and oxygen atoms in total. The summed E-state index contributed by atoms with van der Waals surface area (Å²) in [7, 11) is 0. The van der Waals surface area contributed by atoms with E-state index in [2.05, 4.69) is 0 Å². The number of halogens is 3. The minimum absolute atomic E-state index is 0.261. The van der Waals surface area contributed by atoms with Crippen LogP contribution in [0.4, 0.5) is 13.2 Å². The van der Waals surface area contributed by atoms with E-state index in [1.165, 1.54) is 12.3 Å². The van der Waals surface area contributed by atoms with Gasteiger partial charge in [0, 0.05) is 12.7 Å². The number of hydrogen-bond acceptors (Lipinski definition) is 2. The van der Waals surface area contributed by atoms with Crippen molar-refractivity contribution in [3.05, 3.63) is 34.2 Å². The molecule has 1 heterocycles. The molecule has 6 heteroatoms. The van der Waals surface area contributed by atoms with Crippen LogP contribution in [0.3, 0.4) is 0 Å². The lowest BCUT2D eigenvalue weighted by molar-refractivity contribution is -0.207. The maximum absolute atomic E-state index is 12.2. The molecule has 0 saturated heterocycles. The van der Waals surface area contributed by atoms with Crippen molar-refractivity contribution in [2.45, 2.75) is 25.7 Å². The van der Waals surface area contributed by atoms with E-state index in [9.17, 15) is 18.0 Å². The standard InChI is InChI=1S/C9H10F3NO2/c1-2-13-5-3-4-6(8(13)15)7(14)9(10,11)12/h3-5,7,14H,2H2,1H3. The zero-order valence-electron chi connectivity index (χ0n) is 7.95. The van der Waals surface area contributed by atoms with E-state index in [0.29, 0.717) is 0 Å². The predicted molar refractivity (Wildman–Crippen MR) is 47.4 cm³/mol. The Morgan fingerprint density at radius 1 is 1.53 bits per heavy atom. The number of rotatable bonds is 2. The highest BCUT2D eigenvalue weighted by Crippen LogP contribution is 2.30. The molecule has 0 fully saturated rings. The van der Waals surface area contributed by atoms with Gasteiger partial charge < -0.3 is 9.67 Å². The average Bonchev–Trinajstić information content (AvgIpc) is 2.16. The van der Waals surface area contributed by atoms with E-state index in [0.717, 1.165) is 10.6 Å². The van der Waals surface area contributed by atoms with E-state index in [4.69, 9.17) is 5.11 Å². The average molecular weight is 221 g/mol. The first-order valence-corrected chi connectivity index (χ1v) is 4.32. The van der Waals surface area contributed by atoms with Gasteiger partial charge in [0.15, 0.2) is 6.10 Å². The summed E-state index contributed by atoms with van der Waals surface area (Å²) in [6.45, 7) is 1.89. The molecule has 0 amide bonds. The zero-order valence-corrected chi connectivity index (χ0v) is 7.95. The van der Waals surface area contributed by atoms with Crippen molar-refractivity contribution in [3.63, 3.8) is 0 Å². The molecule has 0 saturated carbocycles. The van der Waals surface area contributed by atoms with Crippen LogP contribution in [0.15, 0.2) is 23.1 Å². The lowest BCUT2D eigenvalue weighted by Gasteiger charge is -2.14. The van der Waals surface area contributed by atoms with E-state index in [1.807, 2.05) is 0 Å². The summed E-state index contributed by atoms with van der Waals surface area (Å²) in [5, 5.41) is 8.92. The van der Waals surface area contributed by atoms with Crippen molar-refractivity contribution >= 4 is 0 Å². The van der Waals surface area contributed by atoms with Crippen molar-refractivity contribution in [2.75, 3.05) is 0 Å². The van der Waals surface area contributed by atoms with Crippen LogP contribution in [-0.2, 0) is 6.54 Å². The van der Waals surface area contributed by atoms with Gasteiger partial charge in [0.05, 0.1) is 5.56 Å². The fraction of sp³-hybridized carbons (Fsp3) is 0.444. The minimum Gasteiger partial charge on any atom is -0.379 e. The largest absolute Gasteiger partial charge is 0.418 e. The van der Waals surface area contributed by atoms with Crippen molar-refractivity contribution in [1.82, 2.24) is 4.57 Å². The Labute approximate surface area is 83.8 Å². The molecule has 0 aliphatic rings. The second-order valence-corrected chi connectivity index (χ2v) is 3.00. The summed E-state index contributed by atoms with van der Waals surface area (Å²) in [4.78, 5) is 11.4. The van der Waals surface area contributed by atoms with Gasteiger partial charge in [0.2, 0.25) is 0 Å². The second-order valence-electron chi connectivity index (χ2n) is 3.00. The molecule has 1 rings (SSSR count). The van der Waals surface area contributed by atoms with Gasteiger partial charge in [0.1, 0.15) is 0 Å². The van der Waals surface area contributed by atoms with Crippen molar-refractivity contribution in [1.29, 1.82) is 0 Å². The van der Waals surface area contributed by atoms with Crippen LogP contribution in [0, 0.1) is 0 Å². The van der Waals surface area contributed by atoms with Gasteiger partial charge in [-0.1, -0.05) is 0 Å². The molecule has 1 aromatic rings. The number of aryl methyl sites for hydroxylation is 1. The fourth-order valence-corrected chi connectivity index (χ4v) is 1.19. The van der Waals surface area contributed by atoms with Crippen LogP contribution in [0.2, 0.25) is 0 Å². The second kappa shape index (κ2) is 4.06. The van der Waals surface area contributed by atoms with Crippen LogP contribution in [0.1, 0.15) is 18.6 Å². The monoisotopic (exact) mass is 221 g/mol. The number of pyridine rings is 1. The van der Waals surface area contributed by atoms with Crippen molar-refractivity contribution in [3.8, 4) is 0 Å². The van der Waals surface area contributed by atoms with Gasteiger partial charge in [-0.15, -0.1) is 0 Å². The zero-order chi connectivity index (χ0) is 11.6. The lowest BCUT2D eigenvalue weighted by atomic mass is 10.1. The third kappa shape index (κ3) is 2.38. The molecule has 1 aromatic heterocycles. The molecule has 0 radical (unpaired) electrons. The molecule has 0 aliphatic heterocycles. The highest BCUT2D eigenvalue weighted by Gasteiger charge is 2.40. The highest BCUT2D eigenvalue weighted by molar-refractivity contribution is 5.14. The SMILES string of the molecule is CCn1cccc(C(O)C(F)(F)F)c1=O. The van der Waals surface area contributed by atoms with Crippen molar-refractivity contribution < 1.29 is 18.3 Å². The summed E-state index contributed by atoms with van der Waals surface area (Å²) >= 11 is 0. The number of alkyl halides is 3. The summed E-state index contributed by atoms with van der Waals surface area (Å²) < 4.78 is 37.6. The van der Waals surface area contributed by atoms with Gasteiger partial charge in [-0.2, -0.15) is 13.2 Å². The van der Waals surface area contributed by atoms with Crippen LogP contribution < -0.4 is 5.56 Å². The molecule has 0 bridgehead atoms. The Bertz CT molecular complexity index is 397. The highest BCUT2D eigenvalue weighted by atomic mass is 19.4. The maximum atomic E-state index is 12.2. The molecule has 1 N–H and O–H groups in total. The first-order chi connectivity index (χ1) is 6.88. The number of nitrogens with zero attached hydrogens (tertiary/aromatic N) is 1. The Kier molecular flexibility index (Phi) is 3.18. The molecule has 15 heavy (non-hydrogen) atoms. The summed E-state index contributed by atoms with van der Waals surface area (Å²) in [5.74, 6) is 0. The number of aromatic nitrogens is 1. The number of hydrogen-bond donors (Lipinski definition) is 1. The van der Waals surface area contributed by atoms with Crippen molar-refractivity contribution in [2.24, 2.45) is 0 Å². The quantitative estimate of drug-likeness (QED) is 0.821. The summed E-state index contributed by atoms with van der Waals surface area (Å²) in [5.41, 5.74) is -1.46. The summed E-state index contributed by atoms with van der Waals surface area (Å²) in [6.07, 6.45) is -6.16. The predicted octanol–water partition coefficient (Wildman–Crippen LogP) is 1.46. The third-order valence-electron chi connectivity index (χ3n) is 1.99. The molecular formula is C9H10F3NO2. The Balaban J connectivity index is 3.22. The Morgan fingerprint density at radius 3 is 2.60 bits per heavy atom. The molecular weight excluding hydrogens is 211 g/mol. The molecule has 84 valence electrons. The van der Waals surface area contributed by atoms with Gasteiger partial charge >= 0.3 is 6.18 Å². The molecule has 1 atom stereocenters. The van der Waals surface area contributed by atoms with Gasteiger partial charge in [-0.05, 0) is 19.1 Å². The molecule has 0 aliphatic carbocycles. The van der Waals surface area contributed by atoms with E-state index < -0.39 is 23.4 Å². The van der Waals surface area contributed by atoms with Crippen LogP contribution in [0.25, 0.3) is 0 Å². The molecule has 0 aromatic carbocycles.